The minimum Gasteiger partial charge on any atom is -0.293 e. The minimum absolute atomic E-state index is 0.0330. The van der Waals surface area contributed by atoms with E-state index in [2.05, 4.69) is 63.0 Å². The van der Waals surface area contributed by atoms with E-state index in [0.717, 1.165) is 11.1 Å². The lowest BCUT2D eigenvalue weighted by molar-refractivity contribution is -0.214. The van der Waals surface area contributed by atoms with Crippen molar-refractivity contribution in [1.82, 2.24) is 0 Å². The molecule has 0 bridgehead atoms. The highest BCUT2D eigenvalue weighted by molar-refractivity contribution is 9.13. The lowest BCUT2D eigenvalue weighted by Crippen LogP contribution is -2.33. The van der Waals surface area contributed by atoms with Gasteiger partial charge in [0.25, 0.3) is 0 Å². The Hall–Kier alpha value is -1.88. The second-order valence-corrected chi connectivity index (χ2v) is 15.3. The highest BCUT2D eigenvalue weighted by Crippen LogP contribution is 2.49. The van der Waals surface area contributed by atoms with Gasteiger partial charge in [0.05, 0.1) is 9.89 Å². The molecule has 3 rings (SSSR count). The standard InChI is InChI=1S/C25H26Br2O4Si/c1-5-10-20(28)31-30-19-15-17-16-25(13-9-14-32(2,3)4,18-11-7-6-8-12-18)24(29)21(17)23(27)22(19)26/h6-8,11-12,15H,5,10,13,16H2,1-4H3. The second-order valence-electron chi connectivity index (χ2n) is 9.01. The van der Waals surface area contributed by atoms with E-state index in [9.17, 15) is 9.59 Å². The van der Waals surface area contributed by atoms with Gasteiger partial charge in [-0.3, -0.25) is 14.6 Å². The molecule has 1 aliphatic rings. The van der Waals surface area contributed by atoms with Crippen molar-refractivity contribution in [3.05, 3.63) is 62.0 Å². The van der Waals surface area contributed by atoms with E-state index in [1.54, 1.807) is 6.07 Å². The number of halogens is 2. The highest BCUT2D eigenvalue weighted by Gasteiger charge is 2.48. The monoisotopic (exact) mass is 576 g/mol. The van der Waals surface area contributed by atoms with E-state index in [1.807, 2.05) is 37.3 Å². The Morgan fingerprint density at radius 1 is 1.16 bits per heavy atom. The predicted molar refractivity (Wildman–Crippen MR) is 135 cm³/mol. The SMILES string of the molecule is CCCC(=O)OOc1cc2c(c(Br)c1Br)C(=O)C(CC#C[Si](C)(C)C)(c1ccccc1)C2. The van der Waals surface area contributed by atoms with Crippen molar-refractivity contribution in [2.75, 3.05) is 0 Å². The van der Waals surface area contributed by atoms with E-state index in [-0.39, 0.29) is 12.2 Å². The van der Waals surface area contributed by atoms with Gasteiger partial charge in [0.2, 0.25) is 0 Å². The summed E-state index contributed by atoms with van der Waals surface area (Å²) >= 11 is 7.05. The molecular weight excluding hydrogens is 552 g/mol. The molecule has 1 unspecified atom stereocenters. The van der Waals surface area contributed by atoms with Crippen molar-refractivity contribution in [3.63, 3.8) is 0 Å². The Morgan fingerprint density at radius 2 is 1.84 bits per heavy atom. The summed E-state index contributed by atoms with van der Waals surface area (Å²) in [7, 11) is -1.58. The van der Waals surface area contributed by atoms with Gasteiger partial charge in [-0.1, -0.05) is 56.9 Å². The largest absolute Gasteiger partial charge is 0.355 e. The number of rotatable bonds is 6. The molecule has 168 valence electrons. The van der Waals surface area contributed by atoms with Crippen LogP contribution in [0.25, 0.3) is 0 Å². The molecule has 0 radical (unpaired) electrons. The molecule has 0 aliphatic heterocycles. The molecule has 2 aromatic carbocycles. The van der Waals surface area contributed by atoms with Crippen molar-refractivity contribution in [3.8, 4) is 17.2 Å². The van der Waals surface area contributed by atoms with Gasteiger partial charge in [0.15, 0.2) is 11.5 Å². The normalized spacial score (nSPS) is 17.4. The molecule has 1 atom stereocenters. The van der Waals surface area contributed by atoms with E-state index in [4.69, 9.17) is 9.78 Å². The Balaban J connectivity index is 2.03. The third kappa shape index (κ3) is 5.19. The number of ketones is 1. The van der Waals surface area contributed by atoms with Crippen LogP contribution in [0.2, 0.25) is 19.6 Å². The summed E-state index contributed by atoms with van der Waals surface area (Å²) in [6.07, 6.45) is 1.89. The summed E-state index contributed by atoms with van der Waals surface area (Å²) in [5, 5.41) is 0. The Bertz CT molecular complexity index is 1100. The Morgan fingerprint density at radius 3 is 2.47 bits per heavy atom. The van der Waals surface area contributed by atoms with Crippen LogP contribution in [0.15, 0.2) is 45.3 Å². The van der Waals surface area contributed by atoms with Gasteiger partial charge in [0.1, 0.15) is 8.07 Å². The maximum Gasteiger partial charge on any atom is 0.355 e. The zero-order valence-electron chi connectivity index (χ0n) is 18.7. The number of Topliss-reactive ketones (excluding diaryl/α,β-unsaturated/α-hetero) is 1. The van der Waals surface area contributed by atoms with Crippen LogP contribution < -0.4 is 4.89 Å². The van der Waals surface area contributed by atoms with Gasteiger partial charge in [-0.2, -0.15) is 0 Å². The number of carbonyl (C=O) groups excluding carboxylic acids is 2. The van der Waals surface area contributed by atoms with E-state index >= 15 is 0 Å². The molecule has 0 spiro atoms. The summed E-state index contributed by atoms with van der Waals surface area (Å²) in [6, 6.07) is 11.6. The topological polar surface area (TPSA) is 52.6 Å². The first-order valence-corrected chi connectivity index (χ1v) is 15.7. The third-order valence-electron chi connectivity index (χ3n) is 5.27. The Kier molecular flexibility index (Phi) is 7.69. The number of fused-ring (bicyclic) bond motifs is 1. The van der Waals surface area contributed by atoms with Crippen molar-refractivity contribution >= 4 is 51.7 Å². The van der Waals surface area contributed by atoms with E-state index in [1.165, 1.54) is 0 Å². The number of benzene rings is 2. The first-order chi connectivity index (χ1) is 15.1. The molecule has 32 heavy (non-hydrogen) atoms. The summed E-state index contributed by atoms with van der Waals surface area (Å²) in [6.45, 7) is 8.47. The van der Waals surface area contributed by atoms with Gasteiger partial charge in [-0.15, -0.1) is 11.5 Å². The smallest absolute Gasteiger partial charge is 0.293 e. The molecule has 0 heterocycles. The fraction of sp³-hybridized carbons (Fsp3) is 0.360. The van der Waals surface area contributed by atoms with Crippen LogP contribution in [0.1, 0.15) is 47.7 Å². The van der Waals surface area contributed by atoms with Gasteiger partial charge in [-0.25, -0.2) is 4.79 Å². The molecule has 7 heteroatoms. The molecule has 0 saturated carbocycles. The molecule has 0 N–H and O–H groups in total. The van der Waals surface area contributed by atoms with Crippen LogP contribution in [0, 0.1) is 11.5 Å². The maximum atomic E-state index is 13.9. The quantitative estimate of drug-likeness (QED) is 0.164. The van der Waals surface area contributed by atoms with Crippen molar-refractivity contribution in [2.24, 2.45) is 0 Å². The predicted octanol–water partition coefficient (Wildman–Crippen LogP) is 6.80. The van der Waals surface area contributed by atoms with E-state index in [0.29, 0.717) is 39.5 Å². The van der Waals surface area contributed by atoms with E-state index < -0.39 is 19.5 Å². The van der Waals surface area contributed by atoms with Crippen LogP contribution in [0.5, 0.6) is 5.75 Å². The second kappa shape index (κ2) is 9.94. The fourth-order valence-corrected chi connectivity index (χ4v) is 5.40. The zero-order valence-corrected chi connectivity index (χ0v) is 22.9. The first kappa shape index (κ1) is 24.8. The fourth-order valence-electron chi connectivity index (χ4n) is 3.78. The van der Waals surface area contributed by atoms with Gasteiger partial charge < -0.3 is 0 Å². The van der Waals surface area contributed by atoms with Crippen LogP contribution >= 0.6 is 31.9 Å². The average molecular weight is 578 g/mol. The van der Waals surface area contributed by atoms with Gasteiger partial charge in [0, 0.05) is 22.9 Å². The van der Waals surface area contributed by atoms with Gasteiger partial charge in [-0.05, 0) is 61.9 Å². The molecule has 0 aromatic heterocycles. The summed E-state index contributed by atoms with van der Waals surface area (Å²) in [4.78, 5) is 35.9. The molecule has 0 amide bonds. The maximum absolute atomic E-state index is 13.9. The van der Waals surface area contributed by atoms with Crippen LogP contribution in [0.3, 0.4) is 0 Å². The number of hydrogen-bond donors (Lipinski definition) is 0. The molecule has 0 fully saturated rings. The molecule has 1 aliphatic carbocycles. The summed E-state index contributed by atoms with van der Waals surface area (Å²) in [5.41, 5.74) is 5.04. The minimum atomic E-state index is -1.58. The van der Waals surface area contributed by atoms with Crippen molar-refractivity contribution in [2.45, 2.75) is 57.7 Å². The lowest BCUT2D eigenvalue weighted by Gasteiger charge is -2.26. The molecule has 2 aromatic rings. The lowest BCUT2D eigenvalue weighted by atomic mass is 9.74. The van der Waals surface area contributed by atoms with Crippen molar-refractivity contribution < 1.29 is 19.4 Å². The number of carbonyl (C=O) groups is 2. The van der Waals surface area contributed by atoms with Crippen LogP contribution in [-0.2, 0) is 21.5 Å². The average Bonchev–Trinajstić information content (AvgIpc) is 3.02. The van der Waals surface area contributed by atoms with Crippen molar-refractivity contribution in [1.29, 1.82) is 0 Å². The highest BCUT2D eigenvalue weighted by atomic mass is 79.9. The van der Waals surface area contributed by atoms with Crippen LogP contribution in [0.4, 0.5) is 0 Å². The first-order valence-electron chi connectivity index (χ1n) is 10.6. The molecule has 4 nitrogen and oxygen atoms in total. The third-order valence-corrected chi connectivity index (χ3v) is 8.31. The zero-order chi connectivity index (χ0) is 23.5. The number of hydrogen-bond acceptors (Lipinski definition) is 4. The Labute approximate surface area is 207 Å². The molecular formula is C25H26Br2O4Si. The molecule has 0 saturated heterocycles. The van der Waals surface area contributed by atoms with Gasteiger partial charge >= 0.3 is 5.97 Å². The summed E-state index contributed by atoms with van der Waals surface area (Å²) in [5.74, 6) is 3.29. The van der Waals surface area contributed by atoms with Crippen LogP contribution in [-0.4, -0.2) is 19.8 Å². The summed E-state index contributed by atoms with van der Waals surface area (Å²) < 4.78 is 1.13.